The number of hydrogen-bond donors (Lipinski definition) is 0. The molecule has 0 bridgehead atoms. The van der Waals surface area contributed by atoms with Gasteiger partial charge in [-0.3, -0.25) is 0 Å². The van der Waals surface area contributed by atoms with Crippen LogP contribution in [0.1, 0.15) is 18.1 Å². The monoisotopic (exact) mass is 292 g/mol. The lowest BCUT2D eigenvalue weighted by Gasteiger charge is -2.11. The predicted molar refractivity (Wildman–Crippen MR) is 85.9 cm³/mol. The Kier molecular flexibility index (Phi) is 3.72. The number of rotatable bonds is 4. The van der Waals surface area contributed by atoms with Crippen LogP contribution in [-0.2, 0) is 11.2 Å². The third kappa shape index (κ3) is 2.50. The van der Waals surface area contributed by atoms with E-state index in [4.69, 9.17) is 0 Å². The molecule has 0 N–H and O–H groups in total. The van der Waals surface area contributed by atoms with Gasteiger partial charge in [-0.15, -0.1) is 0 Å². The molecule has 1 aromatic heterocycles. The van der Waals surface area contributed by atoms with Gasteiger partial charge in [-0.25, -0.2) is 0 Å². The summed E-state index contributed by atoms with van der Waals surface area (Å²) in [4.78, 5) is 11.1. The lowest BCUT2D eigenvalue weighted by molar-refractivity contribution is -0.310. The molecule has 3 aromatic rings. The number of carbonyl (C=O) groups is 1. The number of hydrogen-bond acceptors (Lipinski definition) is 2. The second-order valence-electron chi connectivity index (χ2n) is 5.75. The second-order valence-corrected chi connectivity index (χ2v) is 5.75. The first-order chi connectivity index (χ1) is 10.6. The van der Waals surface area contributed by atoms with E-state index in [2.05, 4.69) is 29.7 Å². The van der Waals surface area contributed by atoms with Crippen LogP contribution in [0.15, 0.2) is 54.7 Å². The standard InChI is InChI=1S/C19H19NO2/c1-13-7-3-5-9-17(13)20-12-15(11-14(2)19(21)22)16-8-4-6-10-18(16)20/h3-10,12,14H,11H2,1-2H3,(H,21,22)/p-1/t14-/m0/s1. The van der Waals surface area contributed by atoms with Crippen molar-refractivity contribution in [2.24, 2.45) is 5.92 Å². The average molecular weight is 292 g/mol. The molecule has 0 amide bonds. The third-order valence-corrected chi connectivity index (χ3v) is 4.10. The van der Waals surface area contributed by atoms with Crippen LogP contribution in [0.3, 0.4) is 0 Å². The lowest BCUT2D eigenvalue weighted by atomic mass is 10.0. The van der Waals surface area contributed by atoms with Gasteiger partial charge in [-0.2, -0.15) is 0 Å². The maximum atomic E-state index is 11.1. The van der Waals surface area contributed by atoms with Crippen LogP contribution >= 0.6 is 0 Å². The number of carboxylic acid groups (broad SMARTS) is 1. The van der Waals surface area contributed by atoms with Gasteiger partial charge in [0, 0.05) is 23.2 Å². The smallest absolute Gasteiger partial charge is 0.0531 e. The highest BCUT2D eigenvalue weighted by Gasteiger charge is 2.13. The highest BCUT2D eigenvalue weighted by molar-refractivity contribution is 5.86. The van der Waals surface area contributed by atoms with E-state index in [1.165, 1.54) is 5.56 Å². The number of carbonyl (C=O) groups excluding carboxylic acids is 1. The van der Waals surface area contributed by atoms with E-state index in [0.29, 0.717) is 6.42 Å². The van der Waals surface area contributed by atoms with E-state index in [-0.39, 0.29) is 0 Å². The second kappa shape index (κ2) is 5.68. The summed E-state index contributed by atoms with van der Waals surface area (Å²) in [7, 11) is 0. The zero-order valence-corrected chi connectivity index (χ0v) is 12.7. The summed E-state index contributed by atoms with van der Waals surface area (Å²) in [6.45, 7) is 3.77. The molecule has 0 aliphatic carbocycles. The number of carboxylic acids is 1. The van der Waals surface area contributed by atoms with Gasteiger partial charge in [0.05, 0.1) is 5.52 Å². The molecule has 0 aliphatic rings. The maximum Gasteiger partial charge on any atom is 0.0531 e. The van der Waals surface area contributed by atoms with Gasteiger partial charge in [0.25, 0.3) is 0 Å². The normalized spacial score (nSPS) is 12.5. The summed E-state index contributed by atoms with van der Waals surface area (Å²) in [5.41, 5.74) is 4.43. The molecule has 0 aliphatic heterocycles. The quantitative estimate of drug-likeness (QED) is 0.742. The molecular formula is C19H18NO2-. The Morgan fingerprint density at radius 1 is 1.14 bits per heavy atom. The van der Waals surface area contributed by atoms with Crippen molar-refractivity contribution in [2.45, 2.75) is 20.3 Å². The largest absolute Gasteiger partial charge is 0.550 e. The van der Waals surface area contributed by atoms with Crippen LogP contribution in [0.5, 0.6) is 0 Å². The van der Waals surface area contributed by atoms with Crippen molar-refractivity contribution in [3.63, 3.8) is 0 Å². The number of aryl methyl sites for hydroxylation is 1. The summed E-state index contributed by atoms with van der Waals surface area (Å²) >= 11 is 0. The molecule has 0 saturated heterocycles. The average Bonchev–Trinajstić information content (AvgIpc) is 2.86. The molecule has 2 aromatic carbocycles. The Bertz CT molecular complexity index is 832. The molecule has 0 radical (unpaired) electrons. The highest BCUT2D eigenvalue weighted by atomic mass is 16.4. The van der Waals surface area contributed by atoms with Gasteiger partial charge in [-0.1, -0.05) is 43.3 Å². The molecule has 0 spiro atoms. The number of benzene rings is 2. The van der Waals surface area contributed by atoms with Crippen molar-refractivity contribution in [3.8, 4) is 5.69 Å². The SMILES string of the molecule is Cc1ccccc1-n1cc(C[C@H](C)C(=O)[O-])c2ccccc21. The third-order valence-electron chi connectivity index (χ3n) is 4.10. The Balaban J connectivity index is 2.16. The highest BCUT2D eigenvalue weighted by Crippen LogP contribution is 2.27. The van der Waals surface area contributed by atoms with Crippen LogP contribution in [0.2, 0.25) is 0 Å². The zero-order chi connectivity index (χ0) is 15.7. The van der Waals surface area contributed by atoms with E-state index in [0.717, 1.165) is 22.2 Å². The number of fused-ring (bicyclic) bond motifs is 1. The molecule has 3 heteroatoms. The molecule has 3 nitrogen and oxygen atoms in total. The minimum absolute atomic E-state index is 0.474. The van der Waals surface area contributed by atoms with Gasteiger partial charge < -0.3 is 14.5 Å². The zero-order valence-electron chi connectivity index (χ0n) is 12.7. The first-order valence-corrected chi connectivity index (χ1v) is 7.43. The predicted octanol–water partition coefficient (Wildman–Crippen LogP) is 2.87. The fourth-order valence-electron chi connectivity index (χ4n) is 2.86. The van der Waals surface area contributed by atoms with Crippen LogP contribution < -0.4 is 5.11 Å². The molecule has 1 heterocycles. The fraction of sp³-hybridized carbons (Fsp3) is 0.211. The van der Waals surface area contributed by atoms with Crippen molar-refractivity contribution >= 4 is 16.9 Å². The fourth-order valence-corrected chi connectivity index (χ4v) is 2.86. The Labute approximate surface area is 129 Å². The number of aliphatic carboxylic acids is 1. The van der Waals surface area contributed by atoms with Gasteiger partial charge in [-0.05, 0) is 42.5 Å². The van der Waals surface area contributed by atoms with E-state index in [1.54, 1.807) is 6.92 Å². The van der Waals surface area contributed by atoms with Crippen molar-refractivity contribution in [3.05, 3.63) is 65.9 Å². The molecule has 112 valence electrons. The first-order valence-electron chi connectivity index (χ1n) is 7.43. The Hall–Kier alpha value is -2.55. The molecular weight excluding hydrogens is 274 g/mol. The summed E-state index contributed by atoms with van der Waals surface area (Å²) in [6.07, 6.45) is 2.52. The lowest BCUT2D eigenvalue weighted by Crippen LogP contribution is -2.30. The summed E-state index contributed by atoms with van der Waals surface area (Å²) < 4.78 is 2.14. The van der Waals surface area contributed by atoms with Gasteiger partial charge in [0.1, 0.15) is 0 Å². The molecule has 0 saturated carbocycles. The van der Waals surface area contributed by atoms with Crippen LogP contribution in [-0.4, -0.2) is 10.5 Å². The summed E-state index contributed by atoms with van der Waals surface area (Å²) in [5, 5.41) is 12.1. The minimum atomic E-state index is -1.01. The van der Waals surface area contributed by atoms with Crippen molar-refractivity contribution in [1.82, 2.24) is 4.57 Å². The van der Waals surface area contributed by atoms with Gasteiger partial charge in [0.2, 0.25) is 0 Å². The van der Waals surface area contributed by atoms with Crippen molar-refractivity contribution < 1.29 is 9.90 Å². The molecule has 0 fully saturated rings. The van der Waals surface area contributed by atoms with Crippen molar-refractivity contribution in [2.75, 3.05) is 0 Å². The topological polar surface area (TPSA) is 45.1 Å². The number of nitrogens with zero attached hydrogens (tertiary/aromatic N) is 1. The number of para-hydroxylation sites is 2. The van der Waals surface area contributed by atoms with Crippen LogP contribution in [0, 0.1) is 12.8 Å². The minimum Gasteiger partial charge on any atom is -0.550 e. The maximum absolute atomic E-state index is 11.1. The summed E-state index contributed by atoms with van der Waals surface area (Å²) in [6, 6.07) is 16.3. The van der Waals surface area contributed by atoms with Crippen molar-refractivity contribution in [1.29, 1.82) is 0 Å². The Morgan fingerprint density at radius 3 is 2.55 bits per heavy atom. The van der Waals surface area contributed by atoms with Crippen LogP contribution in [0.25, 0.3) is 16.6 Å². The van der Waals surface area contributed by atoms with Gasteiger partial charge in [0.15, 0.2) is 0 Å². The first kappa shape index (κ1) is 14.4. The van der Waals surface area contributed by atoms with E-state index < -0.39 is 11.9 Å². The molecule has 0 unspecified atom stereocenters. The van der Waals surface area contributed by atoms with Gasteiger partial charge >= 0.3 is 0 Å². The molecule has 22 heavy (non-hydrogen) atoms. The molecule has 3 rings (SSSR count). The number of aromatic nitrogens is 1. The van der Waals surface area contributed by atoms with E-state index >= 15 is 0 Å². The van der Waals surface area contributed by atoms with E-state index in [9.17, 15) is 9.90 Å². The van der Waals surface area contributed by atoms with E-state index in [1.807, 2.05) is 36.5 Å². The van der Waals surface area contributed by atoms with Crippen LogP contribution in [0.4, 0.5) is 0 Å². The Morgan fingerprint density at radius 2 is 1.82 bits per heavy atom. The summed E-state index contributed by atoms with van der Waals surface area (Å²) in [5.74, 6) is -1.51. The molecule has 1 atom stereocenters.